The predicted molar refractivity (Wildman–Crippen MR) is 130 cm³/mol. The largest absolute Gasteiger partial charge is 0.487 e. The Labute approximate surface area is 205 Å². The van der Waals surface area contributed by atoms with Crippen molar-refractivity contribution in [2.24, 2.45) is 4.99 Å². The van der Waals surface area contributed by atoms with Gasteiger partial charge in [-0.05, 0) is 54.6 Å². The first-order chi connectivity index (χ1) is 15.4. The van der Waals surface area contributed by atoms with E-state index in [9.17, 15) is 4.79 Å². The predicted octanol–water partition coefficient (Wildman–Crippen LogP) is 6.99. The van der Waals surface area contributed by atoms with Gasteiger partial charge in [0.2, 0.25) is 0 Å². The monoisotopic (exact) mass is 508 g/mol. The van der Waals surface area contributed by atoms with Crippen LogP contribution in [0.25, 0.3) is 0 Å². The number of carbonyl (C=O) groups excluding carboxylic acids is 1. The van der Waals surface area contributed by atoms with Crippen LogP contribution in [0.3, 0.4) is 0 Å². The van der Waals surface area contributed by atoms with Gasteiger partial charge in [-0.3, -0.25) is 0 Å². The Balaban J connectivity index is 1.61. The first-order valence-electron chi connectivity index (χ1n) is 9.83. The summed E-state index contributed by atoms with van der Waals surface area (Å²) in [7, 11) is 0. The Bertz CT molecular complexity index is 1160. The maximum Gasteiger partial charge on any atom is 0.338 e. The second kappa shape index (κ2) is 9.79. The minimum absolute atomic E-state index is 0.283. The number of nitrogens with zero attached hydrogens (tertiary/aromatic N) is 2. The van der Waals surface area contributed by atoms with Crippen molar-refractivity contribution in [3.8, 4) is 5.75 Å². The summed E-state index contributed by atoms with van der Waals surface area (Å²) >= 11 is 20.1. The molecule has 2 aromatic carbocycles. The van der Waals surface area contributed by atoms with Crippen molar-refractivity contribution in [1.29, 1.82) is 0 Å². The highest BCUT2D eigenvalue weighted by atomic mass is 35.5. The summed E-state index contributed by atoms with van der Waals surface area (Å²) in [4.78, 5) is 19.3. The molecule has 1 atom stereocenters. The Kier molecular flexibility index (Phi) is 7.05. The first-order valence-corrected chi connectivity index (χ1v) is 11.8. The van der Waals surface area contributed by atoms with Crippen LogP contribution < -0.4 is 4.74 Å². The van der Waals surface area contributed by atoms with E-state index in [2.05, 4.69) is 4.99 Å². The molecule has 0 saturated heterocycles. The van der Waals surface area contributed by atoms with Gasteiger partial charge in [0.1, 0.15) is 12.4 Å². The lowest BCUT2D eigenvalue weighted by Crippen LogP contribution is -2.34. The molecule has 2 heterocycles. The average Bonchev–Trinajstić information content (AvgIpc) is 3.22. The van der Waals surface area contributed by atoms with Crippen LogP contribution in [0.2, 0.25) is 15.1 Å². The molecule has 2 aliphatic heterocycles. The van der Waals surface area contributed by atoms with E-state index in [4.69, 9.17) is 44.3 Å². The molecule has 0 saturated carbocycles. The first kappa shape index (κ1) is 23.1. The molecule has 4 rings (SSSR count). The smallest absolute Gasteiger partial charge is 0.338 e. The summed E-state index contributed by atoms with van der Waals surface area (Å²) in [6.45, 7) is 4.17. The van der Waals surface area contributed by atoms with Crippen LogP contribution in [0.5, 0.6) is 5.75 Å². The molecular weight excluding hydrogens is 491 g/mol. The van der Waals surface area contributed by atoms with Crippen molar-refractivity contribution in [2.75, 3.05) is 6.61 Å². The fraction of sp³-hybridized carbons (Fsp3) is 0.217. The lowest BCUT2D eigenvalue weighted by Gasteiger charge is -2.33. The highest BCUT2D eigenvalue weighted by molar-refractivity contribution is 8.16. The molecule has 2 aliphatic rings. The van der Waals surface area contributed by atoms with E-state index in [1.165, 1.54) is 11.8 Å². The molecule has 0 radical (unpaired) electrons. The molecule has 0 aliphatic carbocycles. The Morgan fingerprint density at radius 1 is 1.12 bits per heavy atom. The van der Waals surface area contributed by atoms with E-state index >= 15 is 0 Å². The normalized spacial score (nSPS) is 17.3. The van der Waals surface area contributed by atoms with E-state index in [1.54, 1.807) is 25.1 Å². The summed E-state index contributed by atoms with van der Waals surface area (Å²) < 4.78 is 11.2. The highest BCUT2D eigenvalue weighted by Gasteiger charge is 2.37. The quantitative estimate of drug-likeness (QED) is 0.393. The fourth-order valence-electron chi connectivity index (χ4n) is 3.49. The molecule has 9 heteroatoms. The van der Waals surface area contributed by atoms with Crippen LogP contribution >= 0.6 is 46.6 Å². The number of fused-ring (bicyclic) bond motifs is 1. The molecule has 166 valence electrons. The summed E-state index contributed by atoms with van der Waals surface area (Å²) in [5.41, 5.74) is 2.82. The van der Waals surface area contributed by atoms with E-state index in [0.717, 1.165) is 16.3 Å². The van der Waals surface area contributed by atoms with Crippen molar-refractivity contribution in [1.82, 2.24) is 4.90 Å². The van der Waals surface area contributed by atoms with E-state index in [-0.39, 0.29) is 19.2 Å². The standard InChI is InChI=1S/C23H19Cl3N2O3S/c1-3-30-22(29)20-13(2)27-23-28(8-9-32-23)21(20)15-5-7-19(18(26)11-15)31-12-14-4-6-16(24)17(25)10-14/h4-11,21H,3,12H2,1-2H3/t21-/m0/s1. The number of carbonyl (C=O) groups is 1. The van der Waals surface area contributed by atoms with Crippen molar-refractivity contribution in [3.05, 3.63) is 85.5 Å². The van der Waals surface area contributed by atoms with E-state index < -0.39 is 6.04 Å². The molecule has 5 nitrogen and oxygen atoms in total. The number of rotatable bonds is 6. The maximum atomic E-state index is 12.8. The van der Waals surface area contributed by atoms with Crippen LogP contribution in [0.4, 0.5) is 0 Å². The van der Waals surface area contributed by atoms with E-state index in [0.29, 0.717) is 32.1 Å². The van der Waals surface area contributed by atoms with Crippen molar-refractivity contribution < 1.29 is 14.3 Å². The number of esters is 1. The van der Waals surface area contributed by atoms with Gasteiger partial charge in [-0.25, -0.2) is 9.79 Å². The van der Waals surface area contributed by atoms with Gasteiger partial charge in [0.05, 0.1) is 39.0 Å². The second-order valence-corrected chi connectivity index (χ2v) is 9.15. The second-order valence-electron chi connectivity index (χ2n) is 7.05. The number of hydrogen-bond acceptors (Lipinski definition) is 6. The summed E-state index contributed by atoms with van der Waals surface area (Å²) in [5, 5.41) is 4.13. The molecule has 0 aromatic heterocycles. The van der Waals surface area contributed by atoms with Crippen LogP contribution in [-0.4, -0.2) is 22.6 Å². The highest BCUT2D eigenvalue weighted by Crippen LogP contribution is 2.42. The number of aliphatic imine (C=N–C) groups is 1. The van der Waals surface area contributed by atoms with Crippen LogP contribution in [-0.2, 0) is 16.1 Å². The third-order valence-corrected chi connectivity index (χ3v) is 6.77. The molecule has 32 heavy (non-hydrogen) atoms. The number of thioether (sulfide) groups is 1. The number of allylic oxidation sites excluding steroid dienone is 1. The van der Waals surface area contributed by atoms with Gasteiger partial charge in [-0.1, -0.05) is 58.7 Å². The molecule has 0 N–H and O–H groups in total. The average molecular weight is 510 g/mol. The van der Waals surface area contributed by atoms with Gasteiger partial charge in [0.15, 0.2) is 5.17 Å². The van der Waals surface area contributed by atoms with Gasteiger partial charge in [-0.15, -0.1) is 0 Å². The summed E-state index contributed by atoms with van der Waals surface area (Å²) in [6.07, 6.45) is 1.91. The molecule has 0 amide bonds. The van der Waals surface area contributed by atoms with Gasteiger partial charge in [0, 0.05) is 6.20 Å². The minimum Gasteiger partial charge on any atom is -0.487 e. The van der Waals surface area contributed by atoms with Crippen LogP contribution in [0.1, 0.15) is 31.0 Å². The molecule has 0 unspecified atom stereocenters. The van der Waals surface area contributed by atoms with Gasteiger partial charge >= 0.3 is 5.97 Å². The van der Waals surface area contributed by atoms with Gasteiger partial charge in [0.25, 0.3) is 0 Å². The zero-order valence-electron chi connectivity index (χ0n) is 17.3. The van der Waals surface area contributed by atoms with Crippen LogP contribution in [0, 0.1) is 0 Å². The van der Waals surface area contributed by atoms with Crippen molar-refractivity contribution in [3.63, 3.8) is 0 Å². The number of ether oxygens (including phenoxy) is 2. The third kappa shape index (κ3) is 4.64. The molecule has 0 fully saturated rings. The third-order valence-electron chi connectivity index (χ3n) is 4.97. The number of hydrogen-bond donors (Lipinski definition) is 0. The zero-order valence-corrected chi connectivity index (χ0v) is 20.4. The number of amidine groups is 1. The lowest BCUT2D eigenvalue weighted by molar-refractivity contribution is -0.139. The van der Waals surface area contributed by atoms with Crippen molar-refractivity contribution in [2.45, 2.75) is 26.5 Å². The van der Waals surface area contributed by atoms with Gasteiger partial charge in [-0.2, -0.15) is 0 Å². The Hall–Kier alpha value is -2.12. The summed E-state index contributed by atoms with van der Waals surface area (Å²) in [5.74, 6) is 0.134. The number of benzene rings is 2. The molecular formula is C23H19Cl3N2O3S. The number of halogens is 3. The Morgan fingerprint density at radius 3 is 2.66 bits per heavy atom. The SMILES string of the molecule is CCOC(=O)C1=C(C)N=C2SC=CN2[C@H]1c1ccc(OCc2ccc(Cl)c(Cl)c2)c(Cl)c1. The topological polar surface area (TPSA) is 51.1 Å². The van der Waals surface area contributed by atoms with Crippen LogP contribution in [0.15, 0.2) is 64.3 Å². The maximum absolute atomic E-state index is 12.8. The van der Waals surface area contributed by atoms with Gasteiger partial charge < -0.3 is 14.4 Å². The molecule has 0 spiro atoms. The lowest BCUT2D eigenvalue weighted by atomic mass is 9.94. The zero-order chi connectivity index (χ0) is 22.8. The van der Waals surface area contributed by atoms with Crippen molar-refractivity contribution >= 4 is 57.7 Å². The Morgan fingerprint density at radius 2 is 1.94 bits per heavy atom. The summed E-state index contributed by atoms with van der Waals surface area (Å²) in [6, 6.07) is 10.4. The molecule has 2 aromatic rings. The fourth-order valence-corrected chi connectivity index (χ4v) is 4.85. The van der Waals surface area contributed by atoms with E-state index in [1.807, 2.05) is 41.6 Å². The minimum atomic E-state index is -0.394. The molecule has 0 bridgehead atoms.